The summed E-state index contributed by atoms with van der Waals surface area (Å²) >= 11 is 0. The fourth-order valence-electron chi connectivity index (χ4n) is 3.86. The predicted molar refractivity (Wildman–Crippen MR) is 129 cm³/mol. The zero-order chi connectivity index (χ0) is 22.8. The van der Waals surface area contributed by atoms with Gasteiger partial charge in [-0.15, -0.1) is 0 Å². The molecule has 0 fully saturated rings. The molecule has 1 amide bonds. The average Bonchev–Trinajstić information content (AvgIpc) is 3.30. The summed E-state index contributed by atoms with van der Waals surface area (Å²) in [6.45, 7) is 1.97. The van der Waals surface area contributed by atoms with Crippen LogP contribution >= 0.6 is 0 Å². The predicted octanol–water partition coefficient (Wildman–Crippen LogP) is 5.67. The first-order valence-electron chi connectivity index (χ1n) is 10.5. The Labute approximate surface area is 190 Å². The van der Waals surface area contributed by atoms with Gasteiger partial charge in [0.05, 0.1) is 5.69 Å². The van der Waals surface area contributed by atoms with Crippen LogP contribution in [0.4, 0.5) is 5.69 Å². The molecule has 33 heavy (non-hydrogen) atoms. The van der Waals surface area contributed by atoms with Crippen LogP contribution in [-0.2, 0) is 0 Å². The molecule has 2 aromatic heterocycles. The van der Waals surface area contributed by atoms with E-state index in [1.165, 1.54) is 6.33 Å². The van der Waals surface area contributed by atoms with Crippen molar-refractivity contribution in [1.29, 1.82) is 0 Å². The summed E-state index contributed by atoms with van der Waals surface area (Å²) in [5.74, 6) is -0.161. The van der Waals surface area contributed by atoms with Crippen molar-refractivity contribution in [3.05, 3.63) is 102 Å². The topological polar surface area (TPSA) is 87.7 Å². The Morgan fingerprint density at radius 2 is 1.73 bits per heavy atom. The minimum Gasteiger partial charge on any atom is -0.339 e. The number of fused-ring (bicyclic) bond motifs is 1. The van der Waals surface area contributed by atoms with Crippen molar-refractivity contribution in [1.82, 2.24) is 15.0 Å². The Hall–Kier alpha value is -4.58. The van der Waals surface area contributed by atoms with Gasteiger partial charge in [0.2, 0.25) is 0 Å². The zero-order valence-electron chi connectivity index (χ0n) is 17.9. The summed E-state index contributed by atoms with van der Waals surface area (Å²) in [4.78, 5) is 35.9. The zero-order valence-corrected chi connectivity index (χ0v) is 17.9. The smallest absolute Gasteiger partial charge is 0.255 e. The third kappa shape index (κ3) is 3.90. The van der Waals surface area contributed by atoms with Crippen molar-refractivity contribution in [2.24, 2.45) is 0 Å². The molecule has 0 atom stereocenters. The molecule has 2 N–H and O–H groups in total. The van der Waals surface area contributed by atoms with E-state index in [1.807, 2.05) is 61.5 Å². The summed E-state index contributed by atoms with van der Waals surface area (Å²) in [5, 5.41) is 3.88. The lowest BCUT2D eigenvalue weighted by Gasteiger charge is -2.13. The van der Waals surface area contributed by atoms with Gasteiger partial charge in [0, 0.05) is 33.5 Å². The molecule has 0 bridgehead atoms. The van der Waals surface area contributed by atoms with Gasteiger partial charge in [-0.05, 0) is 42.3 Å². The number of rotatable bonds is 5. The molecule has 6 nitrogen and oxygen atoms in total. The van der Waals surface area contributed by atoms with Crippen molar-refractivity contribution >= 4 is 28.9 Å². The van der Waals surface area contributed by atoms with Crippen LogP contribution in [0.2, 0.25) is 0 Å². The highest BCUT2D eigenvalue weighted by molar-refractivity contribution is 6.05. The standard InChI is InChI=1S/C27H20N4O2/c1-17-21(8-5-9-23(17)31-27(33)20-6-3-2-4-7-20)25-22-14-24(30-26(22)29-16-28-25)19-12-10-18(15-32)11-13-19/h2-16H,1H3,(H,31,33)(H,28,29,30). The first-order chi connectivity index (χ1) is 16.1. The molecule has 2 heterocycles. The lowest BCUT2D eigenvalue weighted by molar-refractivity contribution is 0.102. The number of amides is 1. The molecule has 0 spiro atoms. The van der Waals surface area contributed by atoms with Gasteiger partial charge in [-0.3, -0.25) is 9.59 Å². The summed E-state index contributed by atoms with van der Waals surface area (Å²) in [6, 6.07) is 24.3. The summed E-state index contributed by atoms with van der Waals surface area (Å²) in [5.41, 5.74) is 7.11. The maximum atomic E-state index is 12.7. The molecule has 0 unspecified atom stereocenters. The number of aromatic amines is 1. The molecule has 0 saturated heterocycles. The van der Waals surface area contributed by atoms with E-state index in [2.05, 4.69) is 20.3 Å². The van der Waals surface area contributed by atoms with Crippen LogP contribution in [0.5, 0.6) is 0 Å². The van der Waals surface area contributed by atoms with E-state index in [9.17, 15) is 9.59 Å². The molecule has 6 heteroatoms. The average molecular weight is 432 g/mol. The molecule has 3 aromatic carbocycles. The largest absolute Gasteiger partial charge is 0.339 e. The molecular formula is C27H20N4O2. The number of carbonyl (C=O) groups is 2. The maximum absolute atomic E-state index is 12.7. The summed E-state index contributed by atoms with van der Waals surface area (Å²) in [7, 11) is 0. The lowest BCUT2D eigenvalue weighted by Crippen LogP contribution is -2.12. The molecule has 160 valence electrons. The summed E-state index contributed by atoms with van der Waals surface area (Å²) < 4.78 is 0. The Morgan fingerprint density at radius 1 is 0.939 bits per heavy atom. The summed E-state index contributed by atoms with van der Waals surface area (Å²) in [6.07, 6.45) is 2.35. The number of H-pyrrole nitrogens is 1. The number of hydrogen-bond acceptors (Lipinski definition) is 4. The molecule has 5 aromatic rings. The molecule has 5 rings (SSSR count). The van der Waals surface area contributed by atoms with Crippen LogP contribution < -0.4 is 5.32 Å². The number of nitrogens with zero attached hydrogens (tertiary/aromatic N) is 2. The van der Waals surface area contributed by atoms with Gasteiger partial charge in [0.15, 0.2) is 0 Å². The van der Waals surface area contributed by atoms with E-state index in [0.29, 0.717) is 16.8 Å². The van der Waals surface area contributed by atoms with Gasteiger partial charge in [-0.2, -0.15) is 0 Å². The molecule has 0 saturated carbocycles. The van der Waals surface area contributed by atoms with Gasteiger partial charge in [-0.25, -0.2) is 9.97 Å². The number of hydrogen-bond donors (Lipinski definition) is 2. The van der Waals surface area contributed by atoms with Crippen molar-refractivity contribution in [3.8, 4) is 22.5 Å². The Balaban J connectivity index is 1.54. The SMILES string of the molecule is Cc1c(NC(=O)c2ccccc2)cccc1-c1ncnc2[nH]c(-c3ccc(C=O)cc3)cc12. The Bertz CT molecular complexity index is 1470. The van der Waals surface area contributed by atoms with E-state index in [0.717, 1.165) is 45.4 Å². The van der Waals surface area contributed by atoms with Crippen molar-refractivity contribution < 1.29 is 9.59 Å². The second-order valence-corrected chi connectivity index (χ2v) is 7.71. The lowest BCUT2D eigenvalue weighted by atomic mass is 10.0. The Morgan fingerprint density at radius 3 is 2.48 bits per heavy atom. The maximum Gasteiger partial charge on any atom is 0.255 e. The van der Waals surface area contributed by atoms with E-state index < -0.39 is 0 Å². The minimum absolute atomic E-state index is 0.161. The quantitative estimate of drug-likeness (QED) is 0.351. The van der Waals surface area contributed by atoms with E-state index in [1.54, 1.807) is 24.3 Å². The third-order valence-corrected chi connectivity index (χ3v) is 5.66. The fraction of sp³-hybridized carbons (Fsp3) is 0.0370. The first-order valence-corrected chi connectivity index (χ1v) is 10.5. The van der Waals surface area contributed by atoms with Crippen LogP contribution in [-0.4, -0.2) is 27.1 Å². The highest BCUT2D eigenvalue weighted by atomic mass is 16.1. The number of aromatic nitrogens is 3. The molecular weight excluding hydrogens is 412 g/mol. The number of carbonyl (C=O) groups excluding carboxylic acids is 2. The van der Waals surface area contributed by atoms with Gasteiger partial charge in [0.25, 0.3) is 5.91 Å². The van der Waals surface area contributed by atoms with Gasteiger partial charge < -0.3 is 10.3 Å². The van der Waals surface area contributed by atoms with Crippen molar-refractivity contribution in [3.63, 3.8) is 0 Å². The first kappa shape index (κ1) is 20.3. The van der Waals surface area contributed by atoms with Gasteiger partial charge >= 0.3 is 0 Å². The fourth-order valence-corrected chi connectivity index (χ4v) is 3.86. The van der Waals surface area contributed by atoms with Gasteiger partial charge in [0.1, 0.15) is 18.3 Å². The van der Waals surface area contributed by atoms with Gasteiger partial charge in [-0.1, -0.05) is 54.6 Å². The molecule has 0 aliphatic rings. The van der Waals surface area contributed by atoms with E-state index in [4.69, 9.17) is 0 Å². The van der Waals surface area contributed by atoms with Crippen LogP contribution in [0.3, 0.4) is 0 Å². The van der Waals surface area contributed by atoms with Crippen LogP contribution in [0.1, 0.15) is 26.3 Å². The van der Waals surface area contributed by atoms with Crippen molar-refractivity contribution in [2.45, 2.75) is 6.92 Å². The van der Waals surface area contributed by atoms with Crippen molar-refractivity contribution in [2.75, 3.05) is 5.32 Å². The monoisotopic (exact) mass is 432 g/mol. The second-order valence-electron chi connectivity index (χ2n) is 7.71. The van der Waals surface area contributed by atoms with Crippen LogP contribution in [0, 0.1) is 6.92 Å². The number of nitrogens with one attached hydrogen (secondary N) is 2. The number of aldehydes is 1. The highest BCUT2D eigenvalue weighted by Crippen LogP contribution is 2.34. The molecule has 0 aliphatic carbocycles. The second kappa shape index (κ2) is 8.51. The van der Waals surface area contributed by atoms with Crippen LogP contribution in [0.25, 0.3) is 33.5 Å². The molecule has 0 radical (unpaired) electrons. The van der Waals surface area contributed by atoms with Crippen LogP contribution in [0.15, 0.2) is 85.2 Å². The number of benzene rings is 3. The number of anilines is 1. The Kier molecular flexibility index (Phi) is 5.24. The van der Waals surface area contributed by atoms with E-state index >= 15 is 0 Å². The molecule has 0 aliphatic heterocycles. The third-order valence-electron chi connectivity index (χ3n) is 5.66. The minimum atomic E-state index is -0.161. The van der Waals surface area contributed by atoms with E-state index in [-0.39, 0.29) is 5.91 Å². The highest BCUT2D eigenvalue weighted by Gasteiger charge is 2.15. The normalized spacial score (nSPS) is 10.8.